The van der Waals surface area contributed by atoms with Gasteiger partial charge in [-0.15, -0.1) is 0 Å². The van der Waals surface area contributed by atoms with E-state index in [1.165, 1.54) is 18.0 Å². The van der Waals surface area contributed by atoms with Crippen molar-refractivity contribution in [1.29, 1.82) is 5.26 Å². The summed E-state index contributed by atoms with van der Waals surface area (Å²) >= 11 is 2.97. The number of nitriles is 1. The molecule has 0 unspecified atom stereocenters. The molecule has 0 heterocycles. The first kappa shape index (κ1) is 14.9. The monoisotopic (exact) mass is 342 g/mol. The van der Waals surface area contributed by atoms with Crippen LogP contribution in [-0.4, -0.2) is 23.4 Å². The molecule has 1 aromatic rings. The van der Waals surface area contributed by atoms with E-state index in [1.54, 1.807) is 0 Å². The zero-order valence-electron chi connectivity index (χ0n) is 10.9. The number of carbonyl (C=O) groups excluding carboxylic acids is 1. The smallest absolute Gasteiger partial charge is 0.228 e. The second-order valence-corrected chi connectivity index (χ2v) is 5.80. The lowest BCUT2D eigenvalue weighted by atomic mass is 9.76. The van der Waals surface area contributed by atoms with Crippen LogP contribution in [0, 0.1) is 23.0 Å². The molecular formula is C14H13BrF2N2O. The zero-order chi connectivity index (χ0) is 14.9. The molecule has 6 heteroatoms. The molecule has 1 aliphatic carbocycles. The van der Waals surface area contributed by atoms with Crippen molar-refractivity contribution in [3.63, 3.8) is 0 Å². The summed E-state index contributed by atoms with van der Waals surface area (Å²) in [5.74, 6) is -1.99. The van der Waals surface area contributed by atoms with E-state index in [0.29, 0.717) is 12.8 Å². The minimum Gasteiger partial charge on any atom is -0.327 e. The Morgan fingerprint density at radius 2 is 2.15 bits per heavy atom. The molecule has 20 heavy (non-hydrogen) atoms. The summed E-state index contributed by atoms with van der Waals surface area (Å²) in [5.41, 5.74) is -1.08. The van der Waals surface area contributed by atoms with Gasteiger partial charge in [0.1, 0.15) is 17.2 Å². The van der Waals surface area contributed by atoms with Crippen LogP contribution in [0.25, 0.3) is 0 Å². The molecule has 1 saturated carbocycles. The first-order valence-electron chi connectivity index (χ1n) is 6.21. The van der Waals surface area contributed by atoms with Gasteiger partial charge in [-0.25, -0.2) is 8.78 Å². The van der Waals surface area contributed by atoms with Gasteiger partial charge in [0.25, 0.3) is 0 Å². The summed E-state index contributed by atoms with van der Waals surface area (Å²) < 4.78 is 27.6. The van der Waals surface area contributed by atoms with Crippen LogP contribution >= 0.6 is 15.9 Å². The SMILES string of the molecule is CN(C(=O)Cc1c(F)ccc(Br)c1F)C1(C#N)CCC1. The highest BCUT2D eigenvalue weighted by molar-refractivity contribution is 9.10. The van der Waals surface area contributed by atoms with Crippen molar-refractivity contribution in [1.82, 2.24) is 4.90 Å². The Labute approximate surface area is 124 Å². The van der Waals surface area contributed by atoms with E-state index in [1.807, 2.05) is 0 Å². The van der Waals surface area contributed by atoms with Gasteiger partial charge in [0.05, 0.1) is 17.0 Å². The van der Waals surface area contributed by atoms with Crippen LogP contribution in [0.3, 0.4) is 0 Å². The highest BCUT2D eigenvalue weighted by Crippen LogP contribution is 2.36. The van der Waals surface area contributed by atoms with Crippen molar-refractivity contribution in [3.8, 4) is 6.07 Å². The number of likely N-dealkylation sites (N-methyl/N-ethyl adjacent to an activating group) is 1. The normalized spacial score (nSPS) is 16.1. The molecular weight excluding hydrogens is 330 g/mol. The molecule has 1 fully saturated rings. The number of halogens is 3. The number of benzene rings is 1. The van der Waals surface area contributed by atoms with E-state index >= 15 is 0 Å². The minimum atomic E-state index is -0.809. The largest absolute Gasteiger partial charge is 0.327 e. The summed E-state index contributed by atoms with van der Waals surface area (Å²) in [5, 5.41) is 9.18. The number of amides is 1. The Morgan fingerprint density at radius 1 is 1.50 bits per heavy atom. The van der Waals surface area contributed by atoms with Gasteiger partial charge in [0.15, 0.2) is 0 Å². The molecule has 1 amide bonds. The first-order valence-corrected chi connectivity index (χ1v) is 7.01. The summed E-state index contributed by atoms with van der Waals surface area (Å²) in [6, 6.07) is 4.50. The van der Waals surface area contributed by atoms with Crippen LogP contribution in [0.15, 0.2) is 16.6 Å². The highest BCUT2D eigenvalue weighted by Gasteiger charge is 2.43. The minimum absolute atomic E-state index is 0.114. The summed E-state index contributed by atoms with van der Waals surface area (Å²) in [4.78, 5) is 13.5. The number of carbonyl (C=O) groups is 1. The van der Waals surface area contributed by atoms with Gasteiger partial charge >= 0.3 is 0 Å². The van der Waals surface area contributed by atoms with Crippen molar-refractivity contribution in [3.05, 3.63) is 33.8 Å². The number of hydrogen-bond acceptors (Lipinski definition) is 2. The predicted octanol–water partition coefficient (Wildman–Crippen LogP) is 3.17. The Kier molecular flexibility index (Phi) is 4.09. The summed E-state index contributed by atoms with van der Waals surface area (Å²) in [6.45, 7) is 0. The average molecular weight is 343 g/mol. The van der Waals surface area contributed by atoms with Crippen molar-refractivity contribution in [2.24, 2.45) is 0 Å². The molecule has 0 aliphatic heterocycles. The van der Waals surface area contributed by atoms with Crippen molar-refractivity contribution in [2.75, 3.05) is 7.05 Å². The number of rotatable bonds is 3. The van der Waals surface area contributed by atoms with E-state index in [0.717, 1.165) is 12.5 Å². The number of nitrogens with zero attached hydrogens (tertiary/aromatic N) is 2. The lowest BCUT2D eigenvalue weighted by Crippen LogP contribution is -2.53. The molecule has 1 aliphatic rings. The molecule has 0 spiro atoms. The molecule has 1 aromatic carbocycles. The second kappa shape index (κ2) is 5.49. The molecule has 0 saturated heterocycles. The lowest BCUT2D eigenvalue weighted by Gasteiger charge is -2.43. The molecule has 0 bridgehead atoms. The average Bonchev–Trinajstić information content (AvgIpc) is 2.38. The van der Waals surface area contributed by atoms with Gasteiger partial charge in [-0.05, 0) is 47.3 Å². The van der Waals surface area contributed by atoms with Crippen LogP contribution < -0.4 is 0 Å². The quantitative estimate of drug-likeness (QED) is 0.792. The fraction of sp³-hybridized carbons (Fsp3) is 0.429. The van der Waals surface area contributed by atoms with E-state index < -0.39 is 29.5 Å². The zero-order valence-corrected chi connectivity index (χ0v) is 12.5. The van der Waals surface area contributed by atoms with E-state index in [9.17, 15) is 18.8 Å². The maximum atomic E-state index is 13.8. The Balaban J connectivity index is 2.21. The fourth-order valence-electron chi connectivity index (χ4n) is 2.27. The van der Waals surface area contributed by atoms with E-state index in [-0.39, 0.29) is 10.0 Å². The van der Waals surface area contributed by atoms with Gasteiger partial charge < -0.3 is 4.90 Å². The van der Waals surface area contributed by atoms with Crippen molar-refractivity contribution < 1.29 is 13.6 Å². The molecule has 0 atom stereocenters. The summed E-state index contributed by atoms with van der Waals surface area (Å²) in [7, 11) is 1.51. The van der Waals surface area contributed by atoms with Gasteiger partial charge in [-0.3, -0.25) is 4.79 Å². The van der Waals surface area contributed by atoms with Gasteiger partial charge in [-0.1, -0.05) is 0 Å². The summed E-state index contributed by atoms with van der Waals surface area (Å²) in [6.07, 6.45) is 1.70. The van der Waals surface area contributed by atoms with Crippen LogP contribution in [0.5, 0.6) is 0 Å². The lowest BCUT2D eigenvalue weighted by molar-refractivity contribution is -0.135. The second-order valence-electron chi connectivity index (χ2n) is 4.95. The Morgan fingerprint density at radius 3 is 2.65 bits per heavy atom. The first-order chi connectivity index (χ1) is 9.41. The number of hydrogen-bond donors (Lipinski definition) is 0. The molecule has 0 N–H and O–H groups in total. The maximum absolute atomic E-state index is 13.8. The Bertz CT molecular complexity index is 594. The van der Waals surface area contributed by atoms with Crippen LogP contribution in [0.2, 0.25) is 0 Å². The van der Waals surface area contributed by atoms with Gasteiger partial charge in [-0.2, -0.15) is 5.26 Å². The van der Waals surface area contributed by atoms with Crippen molar-refractivity contribution in [2.45, 2.75) is 31.2 Å². The van der Waals surface area contributed by atoms with E-state index in [4.69, 9.17) is 0 Å². The Hall–Kier alpha value is -1.48. The van der Waals surface area contributed by atoms with Crippen molar-refractivity contribution >= 4 is 21.8 Å². The molecule has 106 valence electrons. The third-order valence-corrected chi connectivity index (χ3v) is 4.48. The van der Waals surface area contributed by atoms with Crippen LogP contribution in [0.4, 0.5) is 8.78 Å². The van der Waals surface area contributed by atoms with Gasteiger partial charge in [0.2, 0.25) is 5.91 Å². The third-order valence-electron chi connectivity index (χ3n) is 3.87. The van der Waals surface area contributed by atoms with E-state index in [2.05, 4.69) is 22.0 Å². The maximum Gasteiger partial charge on any atom is 0.228 e. The molecule has 2 rings (SSSR count). The third kappa shape index (κ3) is 2.42. The highest BCUT2D eigenvalue weighted by atomic mass is 79.9. The molecule has 0 aromatic heterocycles. The van der Waals surface area contributed by atoms with Gasteiger partial charge in [0, 0.05) is 12.6 Å². The fourth-order valence-corrected chi connectivity index (χ4v) is 2.64. The molecule has 0 radical (unpaired) electrons. The molecule has 3 nitrogen and oxygen atoms in total. The van der Waals surface area contributed by atoms with Crippen LogP contribution in [0.1, 0.15) is 24.8 Å². The topological polar surface area (TPSA) is 44.1 Å². The standard InChI is InChI=1S/C14H13BrF2N2O/c1-19(14(8-18)5-2-6-14)12(20)7-9-11(16)4-3-10(15)13(9)17/h3-4H,2,5-7H2,1H3. The predicted molar refractivity (Wildman–Crippen MR) is 72.7 cm³/mol. The van der Waals surface area contributed by atoms with Crippen LogP contribution in [-0.2, 0) is 11.2 Å².